The van der Waals surface area contributed by atoms with Gasteiger partial charge in [0.25, 0.3) is 5.91 Å². The molecule has 0 radical (unpaired) electrons. The number of nitrogens with zero attached hydrogens (tertiary/aromatic N) is 5. The van der Waals surface area contributed by atoms with Gasteiger partial charge in [-0.2, -0.15) is 9.61 Å². The van der Waals surface area contributed by atoms with Crippen LogP contribution in [-0.2, 0) is 19.8 Å². The van der Waals surface area contributed by atoms with Gasteiger partial charge in [-0.15, -0.1) is 0 Å². The maximum absolute atomic E-state index is 12.6. The monoisotopic (exact) mass is 769 g/mol. The van der Waals surface area contributed by atoms with Crippen molar-refractivity contribution in [1.82, 2.24) is 30.2 Å². The molecule has 1 aliphatic heterocycles. The Morgan fingerprint density at radius 1 is 0.959 bits per heavy atom. The Balaban J connectivity index is 1.39. The number of anilines is 1. The minimum absolute atomic E-state index is 0.347. The van der Waals surface area contributed by atoms with E-state index in [9.17, 15) is 9.59 Å². The lowest BCUT2D eigenvalue weighted by molar-refractivity contribution is -0.123. The molecule has 1 saturated heterocycles. The Morgan fingerprint density at radius 2 is 1.59 bits per heavy atom. The highest BCUT2D eigenvalue weighted by molar-refractivity contribution is 9.10. The van der Waals surface area contributed by atoms with Crippen molar-refractivity contribution < 1.29 is 19.1 Å². The van der Waals surface area contributed by atoms with Gasteiger partial charge in [0.15, 0.2) is 17.0 Å². The third-order valence-electron chi connectivity index (χ3n) is 10.3. The molecular weight excluding hydrogens is 719 g/mol. The van der Waals surface area contributed by atoms with Crippen molar-refractivity contribution in [3.8, 4) is 11.1 Å². The number of urea groups is 1. The van der Waals surface area contributed by atoms with Crippen LogP contribution in [0.25, 0.3) is 16.8 Å². The molecule has 4 heterocycles. The zero-order valence-corrected chi connectivity index (χ0v) is 33.7. The van der Waals surface area contributed by atoms with Crippen LogP contribution in [0.5, 0.6) is 0 Å². The summed E-state index contributed by atoms with van der Waals surface area (Å²) in [5.74, 6) is 2.31. The number of fused-ring (bicyclic) bond motifs is 3. The zero-order chi connectivity index (χ0) is 35.1. The van der Waals surface area contributed by atoms with Gasteiger partial charge in [-0.3, -0.25) is 15.1 Å². The average Bonchev–Trinajstić information content (AvgIpc) is 3.68. The molecule has 49 heavy (non-hydrogen) atoms. The minimum atomic E-state index is -1.27. The van der Waals surface area contributed by atoms with Crippen LogP contribution in [0.1, 0.15) is 56.3 Å². The Hall–Kier alpha value is -2.66. The highest BCUT2D eigenvalue weighted by Gasteiger charge is 2.44. The summed E-state index contributed by atoms with van der Waals surface area (Å²) in [4.78, 5) is 36.7. The van der Waals surface area contributed by atoms with E-state index >= 15 is 0 Å². The second-order valence-corrected chi connectivity index (χ2v) is 28.9. The molecule has 2 aliphatic carbocycles. The van der Waals surface area contributed by atoms with E-state index in [1.54, 1.807) is 19.2 Å². The molecule has 2 saturated carbocycles. The number of aromatic nitrogens is 4. The third kappa shape index (κ3) is 8.13. The van der Waals surface area contributed by atoms with Gasteiger partial charge in [0, 0.05) is 52.6 Å². The fourth-order valence-electron chi connectivity index (χ4n) is 7.29. The Labute approximate surface area is 300 Å². The maximum Gasteiger partial charge on any atom is 0.322 e. The predicted molar refractivity (Wildman–Crippen MR) is 201 cm³/mol. The predicted octanol–water partition coefficient (Wildman–Crippen LogP) is 7.33. The number of nitrogens with one attached hydrogen (secondary N) is 2. The van der Waals surface area contributed by atoms with Crippen LogP contribution in [-0.4, -0.2) is 74.3 Å². The summed E-state index contributed by atoms with van der Waals surface area (Å²) in [6, 6.07) is 5.35. The van der Waals surface area contributed by atoms with Crippen molar-refractivity contribution in [2.45, 2.75) is 102 Å². The summed E-state index contributed by atoms with van der Waals surface area (Å²) in [6.07, 6.45) is 9.80. The van der Waals surface area contributed by atoms with Crippen LogP contribution in [0.4, 0.5) is 10.6 Å². The molecule has 11 nitrogen and oxygen atoms in total. The van der Waals surface area contributed by atoms with Crippen molar-refractivity contribution in [1.29, 1.82) is 0 Å². The molecular formula is C35H52BrN7O4Si2. The summed E-state index contributed by atoms with van der Waals surface area (Å²) in [5.41, 5.74) is 2.71. The fraction of sp³-hybridized carbons (Fsp3) is 0.629. The summed E-state index contributed by atoms with van der Waals surface area (Å²) < 4.78 is 15.6. The number of hydrogen-bond donors (Lipinski definition) is 2. The molecule has 6 rings (SSSR count). The highest BCUT2D eigenvalue weighted by atomic mass is 79.9. The number of hydrogen-bond acceptors (Lipinski definition) is 8. The van der Waals surface area contributed by atoms with E-state index in [1.807, 2.05) is 16.8 Å². The van der Waals surface area contributed by atoms with E-state index in [0.29, 0.717) is 38.3 Å². The van der Waals surface area contributed by atoms with Crippen molar-refractivity contribution in [3.05, 3.63) is 40.4 Å². The molecule has 3 aromatic heterocycles. The first kappa shape index (κ1) is 36.1. The van der Waals surface area contributed by atoms with Gasteiger partial charge >= 0.3 is 6.03 Å². The first-order valence-electron chi connectivity index (χ1n) is 17.7. The molecule has 2 N–H and O–H groups in total. The number of carbonyl (C=O) groups excluding carboxylic acids is 2. The van der Waals surface area contributed by atoms with Gasteiger partial charge in [0.2, 0.25) is 0 Å². The number of amides is 3. The molecule has 0 spiro atoms. The molecule has 0 aromatic carbocycles. The Morgan fingerprint density at radius 3 is 2.12 bits per heavy atom. The largest absolute Gasteiger partial charge is 0.361 e. The smallest absolute Gasteiger partial charge is 0.322 e. The van der Waals surface area contributed by atoms with Gasteiger partial charge in [0.05, 0.1) is 22.1 Å². The first-order valence-corrected chi connectivity index (χ1v) is 25.9. The van der Waals surface area contributed by atoms with Crippen LogP contribution in [0.2, 0.25) is 51.4 Å². The van der Waals surface area contributed by atoms with Crippen LogP contribution in [0, 0.1) is 11.8 Å². The van der Waals surface area contributed by atoms with Crippen LogP contribution < -0.4 is 15.5 Å². The lowest BCUT2D eigenvalue weighted by atomic mass is 9.79. The second kappa shape index (κ2) is 14.2. The minimum Gasteiger partial charge on any atom is -0.361 e. The number of rotatable bonds is 14. The van der Waals surface area contributed by atoms with Gasteiger partial charge in [0.1, 0.15) is 13.5 Å². The summed E-state index contributed by atoms with van der Waals surface area (Å²) in [7, 11) is -2.54. The molecule has 3 fully saturated rings. The maximum atomic E-state index is 12.6. The van der Waals surface area contributed by atoms with Crippen LogP contribution in [0.3, 0.4) is 0 Å². The molecule has 2 bridgehead atoms. The lowest BCUT2D eigenvalue weighted by Crippen LogP contribution is -2.41. The Bertz CT molecular complexity index is 1660. The van der Waals surface area contributed by atoms with E-state index in [-0.39, 0.29) is 0 Å². The van der Waals surface area contributed by atoms with E-state index in [4.69, 9.17) is 19.6 Å². The molecule has 2 unspecified atom stereocenters. The highest BCUT2D eigenvalue weighted by Crippen LogP contribution is 2.50. The third-order valence-corrected chi connectivity index (χ3v) is 14.5. The quantitative estimate of drug-likeness (QED) is 0.0757. The van der Waals surface area contributed by atoms with Gasteiger partial charge in [-0.1, -0.05) is 58.2 Å². The number of halogens is 1. The Kier molecular flexibility index (Phi) is 10.4. The fourth-order valence-corrected chi connectivity index (χ4v) is 9.64. The van der Waals surface area contributed by atoms with Crippen molar-refractivity contribution in [3.63, 3.8) is 0 Å². The van der Waals surface area contributed by atoms with Gasteiger partial charge < -0.3 is 19.7 Å². The van der Waals surface area contributed by atoms with Gasteiger partial charge in [-0.25, -0.2) is 9.78 Å². The van der Waals surface area contributed by atoms with Gasteiger partial charge in [-0.05, 0) is 72.1 Å². The molecule has 3 aromatic rings. The number of pyridine rings is 1. The van der Waals surface area contributed by atoms with E-state index in [1.165, 1.54) is 19.3 Å². The number of imide groups is 1. The normalized spacial score (nSPS) is 24.0. The molecule has 14 heteroatoms. The van der Waals surface area contributed by atoms with Crippen molar-refractivity contribution >= 4 is 55.5 Å². The van der Waals surface area contributed by atoms with Crippen molar-refractivity contribution in [2.24, 2.45) is 11.8 Å². The van der Waals surface area contributed by atoms with Crippen LogP contribution >= 0.6 is 15.9 Å². The molecule has 3 amide bonds. The zero-order valence-electron chi connectivity index (χ0n) is 30.1. The lowest BCUT2D eigenvalue weighted by Gasteiger charge is -2.31. The SMILES string of the molecule is CC1(c2ccc(-c3cnn4c(N(COCC[Si](C)(C)C)COCC[Si](C)(C)C)c(Br)c(C5C[C@H]6CC[C@@H](C5)C6)nc34)cn2)NC(=O)NC1=O. The summed E-state index contributed by atoms with van der Waals surface area (Å²) in [6.45, 7) is 18.0. The van der Waals surface area contributed by atoms with E-state index in [0.717, 1.165) is 69.5 Å². The number of ether oxygens (including phenoxy) is 2. The second-order valence-electron chi connectivity index (χ2n) is 16.8. The first-order chi connectivity index (χ1) is 23.1. The molecule has 266 valence electrons. The van der Waals surface area contributed by atoms with Crippen LogP contribution in [0.15, 0.2) is 29.0 Å². The van der Waals surface area contributed by atoms with Crippen molar-refractivity contribution in [2.75, 3.05) is 31.6 Å². The summed E-state index contributed by atoms with van der Waals surface area (Å²) in [5, 5.41) is 9.93. The van der Waals surface area contributed by atoms with E-state index < -0.39 is 33.6 Å². The molecule has 4 atom stereocenters. The van der Waals surface area contributed by atoms with E-state index in [2.05, 4.69) is 75.7 Å². The topological polar surface area (TPSA) is 123 Å². The average molecular weight is 771 g/mol. The molecule has 3 aliphatic rings. The standard InChI is InChI=1S/C35H52BrN7O4Si2/c1-35(33(44)40-34(45)41-35)28-11-10-25(19-37-28)27-20-38-43-31(27)39-30(26-17-23-8-9-24(16-23)18-26)29(36)32(43)42(21-46-12-14-48(2,3)4)22-47-13-15-49(5,6)7/h10-11,19-20,23-24,26H,8-9,12-18,21-22H2,1-7H3,(H2,40,41,44,45)/t23-,24+,26?,35?. The summed E-state index contributed by atoms with van der Waals surface area (Å²) >= 11 is 4.06. The number of carbonyl (C=O) groups is 2.